The Bertz CT molecular complexity index is 932. The number of rotatable bonds is 4. The molecule has 1 aliphatic heterocycles. The lowest BCUT2D eigenvalue weighted by Gasteiger charge is -2.23. The Balaban J connectivity index is 1.83. The molecule has 1 atom stereocenters. The van der Waals surface area contributed by atoms with Crippen LogP contribution >= 0.6 is 11.6 Å². The van der Waals surface area contributed by atoms with E-state index in [-0.39, 0.29) is 17.0 Å². The van der Waals surface area contributed by atoms with Gasteiger partial charge in [0.1, 0.15) is 11.9 Å². The van der Waals surface area contributed by atoms with E-state index in [0.29, 0.717) is 23.6 Å². The summed E-state index contributed by atoms with van der Waals surface area (Å²) in [5.41, 5.74) is 0.786. The number of carbonyl (C=O) groups excluding carboxylic acids is 1. The van der Waals surface area contributed by atoms with Crippen molar-refractivity contribution in [2.24, 2.45) is 0 Å². The fraction of sp³-hybridized carbons (Fsp3) is 0.278. The highest BCUT2D eigenvalue weighted by Gasteiger charge is 2.39. The molecule has 2 aromatic rings. The van der Waals surface area contributed by atoms with Gasteiger partial charge in [0.15, 0.2) is 0 Å². The Morgan fingerprint density at radius 1 is 1.23 bits per heavy atom. The number of anilines is 1. The van der Waals surface area contributed by atoms with Crippen LogP contribution in [-0.4, -0.2) is 31.2 Å². The van der Waals surface area contributed by atoms with Gasteiger partial charge in [-0.15, -0.1) is 0 Å². The number of halogens is 2. The molecule has 0 aromatic heterocycles. The Labute approximate surface area is 156 Å². The summed E-state index contributed by atoms with van der Waals surface area (Å²) < 4.78 is 40.5. The van der Waals surface area contributed by atoms with Crippen LogP contribution in [0.4, 0.5) is 10.1 Å². The third-order valence-electron chi connectivity index (χ3n) is 4.35. The van der Waals surface area contributed by atoms with E-state index in [1.54, 1.807) is 24.3 Å². The first kappa shape index (κ1) is 18.8. The molecule has 1 aliphatic rings. The molecule has 1 N–H and O–H groups in total. The van der Waals surface area contributed by atoms with E-state index in [2.05, 4.69) is 5.32 Å². The topological polar surface area (TPSA) is 66.5 Å². The first-order chi connectivity index (χ1) is 12.3. The van der Waals surface area contributed by atoms with Crippen LogP contribution in [0, 0.1) is 12.7 Å². The summed E-state index contributed by atoms with van der Waals surface area (Å²) in [5.74, 6) is -0.866. The zero-order valence-electron chi connectivity index (χ0n) is 14.1. The van der Waals surface area contributed by atoms with Crippen LogP contribution in [0.5, 0.6) is 0 Å². The summed E-state index contributed by atoms with van der Waals surface area (Å²) in [5, 5.41) is 3.26. The average molecular weight is 397 g/mol. The normalized spacial score (nSPS) is 18.0. The van der Waals surface area contributed by atoms with Crippen LogP contribution in [0.25, 0.3) is 0 Å². The van der Waals surface area contributed by atoms with Crippen molar-refractivity contribution in [1.29, 1.82) is 0 Å². The standard InChI is InChI=1S/C18H18ClFN2O3S/c1-12-11-15(8-9-16(12)20)26(24,25)22-10-2-3-17(22)18(23)21-14-6-4-13(19)5-7-14/h4-9,11,17H,2-3,10H2,1H3,(H,21,23)/t17-/m1/s1. The third kappa shape index (κ3) is 3.75. The molecule has 1 fully saturated rings. The highest BCUT2D eigenvalue weighted by atomic mass is 35.5. The molecule has 5 nitrogen and oxygen atoms in total. The van der Waals surface area contributed by atoms with Gasteiger partial charge in [0.05, 0.1) is 4.90 Å². The van der Waals surface area contributed by atoms with Crippen molar-refractivity contribution in [2.75, 3.05) is 11.9 Å². The van der Waals surface area contributed by atoms with Crippen molar-refractivity contribution >= 4 is 33.2 Å². The summed E-state index contributed by atoms with van der Waals surface area (Å²) in [6.07, 6.45) is 1.01. The second-order valence-corrected chi connectivity index (χ2v) is 8.51. The van der Waals surface area contributed by atoms with E-state index in [9.17, 15) is 17.6 Å². The van der Waals surface area contributed by atoms with Gasteiger partial charge in [0, 0.05) is 17.3 Å². The smallest absolute Gasteiger partial charge is 0.243 e. The molecule has 0 radical (unpaired) electrons. The largest absolute Gasteiger partial charge is 0.325 e. The predicted octanol–water partition coefficient (Wildman–Crippen LogP) is 3.58. The molecule has 1 heterocycles. The monoisotopic (exact) mass is 396 g/mol. The zero-order valence-corrected chi connectivity index (χ0v) is 15.6. The summed E-state index contributed by atoms with van der Waals surface area (Å²) in [4.78, 5) is 12.6. The predicted molar refractivity (Wildman–Crippen MR) is 98.1 cm³/mol. The van der Waals surface area contributed by atoms with Crippen LogP contribution in [-0.2, 0) is 14.8 Å². The molecular formula is C18H18ClFN2O3S. The molecule has 3 rings (SSSR count). The fourth-order valence-electron chi connectivity index (χ4n) is 2.96. The van der Waals surface area contributed by atoms with E-state index in [1.165, 1.54) is 23.4 Å². The number of nitrogens with one attached hydrogen (secondary N) is 1. The van der Waals surface area contributed by atoms with Crippen LogP contribution in [0.3, 0.4) is 0 Å². The third-order valence-corrected chi connectivity index (χ3v) is 6.51. The van der Waals surface area contributed by atoms with Crippen molar-refractivity contribution in [3.63, 3.8) is 0 Å². The summed E-state index contributed by atoms with van der Waals surface area (Å²) in [6, 6.07) is 9.42. The maximum atomic E-state index is 13.5. The summed E-state index contributed by atoms with van der Waals surface area (Å²) in [6.45, 7) is 1.75. The Morgan fingerprint density at radius 3 is 2.58 bits per heavy atom. The van der Waals surface area contributed by atoms with Crippen molar-refractivity contribution in [3.8, 4) is 0 Å². The van der Waals surface area contributed by atoms with Gasteiger partial charge in [0.25, 0.3) is 0 Å². The van der Waals surface area contributed by atoms with Crippen molar-refractivity contribution in [1.82, 2.24) is 4.31 Å². The molecule has 0 spiro atoms. The summed E-state index contributed by atoms with van der Waals surface area (Å²) >= 11 is 5.82. The second kappa shape index (κ2) is 7.34. The van der Waals surface area contributed by atoms with Gasteiger partial charge in [-0.3, -0.25) is 4.79 Å². The molecular weight excluding hydrogens is 379 g/mol. The Morgan fingerprint density at radius 2 is 1.92 bits per heavy atom. The lowest BCUT2D eigenvalue weighted by molar-refractivity contribution is -0.119. The lowest BCUT2D eigenvalue weighted by atomic mass is 10.2. The van der Waals surface area contributed by atoms with E-state index < -0.39 is 27.8 Å². The number of carbonyl (C=O) groups is 1. The van der Waals surface area contributed by atoms with Gasteiger partial charge in [0.2, 0.25) is 15.9 Å². The molecule has 1 saturated heterocycles. The van der Waals surface area contributed by atoms with Crippen LogP contribution in [0.1, 0.15) is 18.4 Å². The maximum Gasteiger partial charge on any atom is 0.243 e. The Kier molecular flexibility index (Phi) is 5.32. The highest BCUT2D eigenvalue weighted by molar-refractivity contribution is 7.89. The van der Waals surface area contributed by atoms with Gasteiger partial charge in [-0.2, -0.15) is 4.31 Å². The SMILES string of the molecule is Cc1cc(S(=O)(=O)N2CCC[C@@H]2C(=O)Nc2ccc(Cl)cc2)ccc1F. The number of benzene rings is 2. The number of nitrogens with zero attached hydrogens (tertiary/aromatic N) is 1. The van der Waals surface area contributed by atoms with E-state index in [1.807, 2.05) is 0 Å². The van der Waals surface area contributed by atoms with Crippen molar-refractivity contribution in [2.45, 2.75) is 30.7 Å². The van der Waals surface area contributed by atoms with Crippen molar-refractivity contribution in [3.05, 3.63) is 58.9 Å². The first-order valence-corrected chi connectivity index (χ1v) is 9.95. The molecule has 1 amide bonds. The number of aryl methyl sites for hydroxylation is 1. The minimum atomic E-state index is -3.89. The number of sulfonamides is 1. The molecule has 26 heavy (non-hydrogen) atoms. The van der Waals surface area contributed by atoms with Crippen LogP contribution in [0.2, 0.25) is 5.02 Å². The number of hydrogen-bond acceptors (Lipinski definition) is 3. The number of amides is 1. The molecule has 0 unspecified atom stereocenters. The molecule has 2 aromatic carbocycles. The minimum Gasteiger partial charge on any atom is -0.325 e. The van der Waals surface area contributed by atoms with E-state index in [0.717, 1.165) is 6.07 Å². The van der Waals surface area contributed by atoms with Gasteiger partial charge < -0.3 is 5.32 Å². The van der Waals surface area contributed by atoms with Crippen LogP contribution < -0.4 is 5.32 Å². The van der Waals surface area contributed by atoms with Crippen molar-refractivity contribution < 1.29 is 17.6 Å². The highest BCUT2D eigenvalue weighted by Crippen LogP contribution is 2.28. The quantitative estimate of drug-likeness (QED) is 0.858. The van der Waals surface area contributed by atoms with Crippen LogP contribution in [0.15, 0.2) is 47.4 Å². The van der Waals surface area contributed by atoms with E-state index in [4.69, 9.17) is 11.6 Å². The van der Waals surface area contributed by atoms with E-state index >= 15 is 0 Å². The van der Waals surface area contributed by atoms with Gasteiger partial charge in [-0.05, 0) is 67.8 Å². The average Bonchev–Trinajstić information content (AvgIpc) is 3.10. The lowest BCUT2D eigenvalue weighted by Crippen LogP contribution is -2.43. The molecule has 0 aliphatic carbocycles. The minimum absolute atomic E-state index is 0.0115. The number of hydrogen-bond donors (Lipinski definition) is 1. The maximum absolute atomic E-state index is 13.5. The van der Waals surface area contributed by atoms with Gasteiger partial charge >= 0.3 is 0 Å². The first-order valence-electron chi connectivity index (χ1n) is 8.13. The molecule has 138 valence electrons. The molecule has 8 heteroatoms. The second-order valence-electron chi connectivity index (χ2n) is 6.18. The van der Waals surface area contributed by atoms with Gasteiger partial charge in [-0.25, -0.2) is 12.8 Å². The molecule has 0 bridgehead atoms. The fourth-order valence-corrected chi connectivity index (χ4v) is 4.83. The summed E-state index contributed by atoms with van der Waals surface area (Å²) in [7, 11) is -3.89. The van der Waals surface area contributed by atoms with Gasteiger partial charge in [-0.1, -0.05) is 11.6 Å². The zero-order chi connectivity index (χ0) is 18.9. The Hall–Kier alpha value is -1.96. The molecule has 0 saturated carbocycles.